The number of ether oxygens (including phenoxy) is 1. The Bertz CT molecular complexity index is 1590. The Morgan fingerprint density at radius 2 is 1.82 bits per heavy atom. The van der Waals surface area contributed by atoms with Gasteiger partial charge in [-0.2, -0.15) is 5.26 Å². The van der Waals surface area contributed by atoms with Crippen LogP contribution >= 0.6 is 23.2 Å². The molecule has 39 heavy (non-hydrogen) atoms. The molecule has 0 spiro atoms. The summed E-state index contributed by atoms with van der Waals surface area (Å²) >= 11 is 12.3. The van der Waals surface area contributed by atoms with Crippen molar-refractivity contribution in [3.63, 3.8) is 0 Å². The Balaban J connectivity index is 1.61. The molecule has 3 aromatic carbocycles. The molecular weight excluding hydrogens is 536 g/mol. The van der Waals surface area contributed by atoms with E-state index in [0.717, 1.165) is 33.6 Å². The van der Waals surface area contributed by atoms with E-state index in [1.165, 1.54) is 18.2 Å². The Morgan fingerprint density at radius 3 is 2.51 bits per heavy atom. The number of nitrogens with two attached hydrogens (primary N) is 1. The van der Waals surface area contributed by atoms with Gasteiger partial charge in [-0.05, 0) is 91.4 Å². The van der Waals surface area contributed by atoms with Crippen molar-refractivity contribution in [2.75, 3.05) is 4.90 Å². The number of halogens is 3. The first-order chi connectivity index (χ1) is 18.7. The van der Waals surface area contributed by atoms with Gasteiger partial charge in [0.1, 0.15) is 24.0 Å². The van der Waals surface area contributed by atoms with Crippen molar-refractivity contribution in [1.29, 1.82) is 5.26 Å². The number of hydrogen-bond donors (Lipinski definition) is 1. The summed E-state index contributed by atoms with van der Waals surface area (Å²) in [4.78, 5) is 15.3. The molecule has 1 aliphatic carbocycles. The molecule has 198 valence electrons. The molecule has 0 aromatic heterocycles. The van der Waals surface area contributed by atoms with E-state index in [-0.39, 0.29) is 17.4 Å². The Kier molecular flexibility index (Phi) is 7.40. The third kappa shape index (κ3) is 5.01. The lowest BCUT2D eigenvalue weighted by atomic mass is 9.74. The van der Waals surface area contributed by atoms with Crippen molar-refractivity contribution in [3.05, 3.63) is 115 Å². The molecule has 1 heterocycles. The summed E-state index contributed by atoms with van der Waals surface area (Å²) in [6.45, 7) is 4.11. The first kappa shape index (κ1) is 26.8. The number of hydrogen-bond acceptors (Lipinski definition) is 5. The standard InChI is InChI=1S/C31H26Cl2FN3O2/c1-17-12-18(2)23(13-19(17)16-39-28-11-8-21(34)14-25(28)33)29-24(15-35)31(36)37(22-9-6-20(32)7-10-22)26-4-3-5-27(38)30(26)29/h6-14,29H,3-5,16,36H2,1-2H3. The average molecular weight is 562 g/mol. The number of ketones is 1. The summed E-state index contributed by atoms with van der Waals surface area (Å²) in [7, 11) is 0. The van der Waals surface area contributed by atoms with Crippen LogP contribution < -0.4 is 15.4 Å². The number of nitrogens with zero attached hydrogens (tertiary/aromatic N) is 2. The van der Waals surface area contributed by atoms with E-state index in [4.69, 9.17) is 33.7 Å². The highest BCUT2D eigenvalue weighted by atomic mass is 35.5. The zero-order valence-corrected chi connectivity index (χ0v) is 23.0. The molecule has 0 saturated carbocycles. The van der Waals surface area contributed by atoms with Crippen LogP contribution in [0.25, 0.3) is 0 Å². The van der Waals surface area contributed by atoms with E-state index in [0.29, 0.717) is 47.0 Å². The van der Waals surface area contributed by atoms with Gasteiger partial charge in [0.05, 0.1) is 22.6 Å². The predicted molar refractivity (Wildman–Crippen MR) is 151 cm³/mol. The SMILES string of the molecule is Cc1cc(C)c(C2C(C#N)=C(N)N(c3ccc(Cl)cc3)C3=C2C(=O)CCC3)cc1COc1ccc(F)cc1Cl. The molecule has 0 saturated heterocycles. The molecule has 0 fully saturated rings. The molecule has 3 aromatic rings. The summed E-state index contributed by atoms with van der Waals surface area (Å²) < 4.78 is 19.4. The summed E-state index contributed by atoms with van der Waals surface area (Å²) in [5.41, 5.74) is 12.8. The van der Waals surface area contributed by atoms with Gasteiger partial charge < -0.3 is 10.5 Å². The van der Waals surface area contributed by atoms with Crippen LogP contribution in [0.3, 0.4) is 0 Å². The number of nitriles is 1. The summed E-state index contributed by atoms with van der Waals surface area (Å²) in [6.07, 6.45) is 1.77. The maximum absolute atomic E-state index is 13.5. The second-order valence-electron chi connectivity index (χ2n) is 9.79. The maximum Gasteiger partial charge on any atom is 0.161 e. The molecular formula is C31H26Cl2FN3O2. The third-order valence-electron chi connectivity index (χ3n) is 7.31. The molecule has 1 atom stereocenters. The Labute approximate surface area is 236 Å². The number of Topliss-reactive ketones (excluding diaryl/α,β-unsaturated/α-hetero) is 1. The minimum absolute atomic E-state index is 0.0105. The van der Waals surface area contributed by atoms with Crippen molar-refractivity contribution in [2.45, 2.75) is 45.6 Å². The summed E-state index contributed by atoms with van der Waals surface area (Å²) in [5.74, 6) is -0.369. The normalized spacial score (nSPS) is 17.3. The zero-order chi connectivity index (χ0) is 27.8. The van der Waals surface area contributed by atoms with Crippen LogP contribution in [0, 0.1) is 31.0 Å². The number of anilines is 1. The predicted octanol–water partition coefficient (Wildman–Crippen LogP) is 7.63. The van der Waals surface area contributed by atoms with Gasteiger partial charge in [-0.3, -0.25) is 9.69 Å². The number of carbonyl (C=O) groups is 1. The van der Waals surface area contributed by atoms with Crippen molar-refractivity contribution >= 4 is 34.7 Å². The fourth-order valence-corrected chi connectivity index (χ4v) is 5.76. The average Bonchev–Trinajstić information content (AvgIpc) is 2.89. The number of rotatable bonds is 5. The number of carbonyl (C=O) groups excluding carboxylic acids is 1. The van der Waals surface area contributed by atoms with Crippen LogP contribution in [0.1, 0.15) is 47.4 Å². The van der Waals surface area contributed by atoms with Crippen LogP contribution in [0.4, 0.5) is 10.1 Å². The van der Waals surface area contributed by atoms with Crippen molar-refractivity contribution in [3.8, 4) is 11.8 Å². The lowest BCUT2D eigenvalue weighted by molar-refractivity contribution is -0.116. The molecule has 0 radical (unpaired) electrons. The van der Waals surface area contributed by atoms with Crippen LogP contribution in [-0.4, -0.2) is 5.78 Å². The molecule has 1 unspecified atom stereocenters. The van der Waals surface area contributed by atoms with Crippen molar-refractivity contribution in [1.82, 2.24) is 0 Å². The number of aryl methyl sites for hydroxylation is 2. The van der Waals surface area contributed by atoms with Crippen LogP contribution in [0.15, 0.2) is 77.3 Å². The van der Waals surface area contributed by atoms with E-state index >= 15 is 0 Å². The molecule has 2 aliphatic rings. The van der Waals surface area contributed by atoms with Crippen LogP contribution in [0.5, 0.6) is 5.75 Å². The number of allylic oxidation sites excluding steroid dienone is 3. The Morgan fingerprint density at radius 1 is 1.08 bits per heavy atom. The molecule has 8 heteroatoms. The van der Waals surface area contributed by atoms with Gasteiger partial charge in [0.2, 0.25) is 0 Å². The highest BCUT2D eigenvalue weighted by Gasteiger charge is 2.41. The van der Waals surface area contributed by atoms with Crippen LogP contribution in [0.2, 0.25) is 10.0 Å². The van der Waals surface area contributed by atoms with Gasteiger partial charge >= 0.3 is 0 Å². The highest BCUT2D eigenvalue weighted by Crippen LogP contribution is 2.47. The fraction of sp³-hybridized carbons (Fsp3) is 0.226. The molecule has 1 aliphatic heterocycles. The van der Waals surface area contributed by atoms with E-state index in [1.807, 2.05) is 43.0 Å². The zero-order valence-electron chi connectivity index (χ0n) is 21.5. The van der Waals surface area contributed by atoms with Gasteiger partial charge in [0.25, 0.3) is 0 Å². The second-order valence-corrected chi connectivity index (χ2v) is 10.6. The van der Waals surface area contributed by atoms with E-state index < -0.39 is 11.7 Å². The van der Waals surface area contributed by atoms with Gasteiger partial charge in [-0.1, -0.05) is 35.3 Å². The Hall–Kier alpha value is -3.79. The first-order valence-electron chi connectivity index (χ1n) is 12.6. The van der Waals surface area contributed by atoms with E-state index in [9.17, 15) is 14.4 Å². The maximum atomic E-state index is 13.5. The lowest BCUT2D eigenvalue weighted by Gasteiger charge is -2.40. The van der Waals surface area contributed by atoms with Gasteiger partial charge in [0.15, 0.2) is 5.78 Å². The quantitative estimate of drug-likeness (QED) is 0.346. The van der Waals surface area contributed by atoms with E-state index in [1.54, 1.807) is 12.1 Å². The minimum atomic E-state index is -0.602. The lowest BCUT2D eigenvalue weighted by Crippen LogP contribution is -2.38. The van der Waals surface area contributed by atoms with E-state index in [2.05, 4.69) is 6.07 Å². The molecule has 5 nitrogen and oxygen atoms in total. The molecule has 5 rings (SSSR count). The second kappa shape index (κ2) is 10.8. The highest BCUT2D eigenvalue weighted by molar-refractivity contribution is 6.32. The smallest absolute Gasteiger partial charge is 0.161 e. The first-order valence-corrected chi connectivity index (χ1v) is 13.3. The van der Waals surface area contributed by atoms with Gasteiger partial charge in [-0.15, -0.1) is 0 Å². The van der Waals surface area contributed by atoms with Gasteiger partial charge in [-0.25, -0.2) is 4.39 Å². The minimum Gasteiger partial charge on any atom is -0.487 e. The summed E-state index contributed by atoms with van der Waals surface area (Å²) in [5, 5.41) is 11.1. The molecule has 2 N–H and O–H groups in total. The monoisotopic (exact) mass is 561 g/mol. The number of benzene rings is 3. The molecule has 0 amide bonds. The largest absolute Gasteiger partial charge is 0.487 e. The third-order valence-corrected chi connectivity index (χ3v) is 7.86. The fourth-order valence-electron chi connectivity index (χ4n) is 5.41. The summed E-state index contributed by atoms with van der Waals surface area (Å²) in [6, 6.07) is 17.5. The van der Waals surface area contributed by atoms with Gasteiger partial charge in [0, 0.05) is 28.4 Å². The van der Waals surface area contributed by atoms with Crippen molar-refractivity contribution < 1.29 is 13.9 Å². The van der Waals surface area contributed by atoms with Crippen LogP contribution in [-0.2, 0) is 11.4 Å². The molecule has 0 bridgehead atoms. The van der Waals surface area contributed by atoms with Crippen molar-refractivity contribution in [2.24, 2.45) is 5.73 Å². The topological polar surface area (TPSA) is 79.4 Å².